The molecule has 0 unspecified atom stereocenters. The van der Waals surface area contributed by atoms with Gasteiger partial charge in [-0.3, -0.25) is 4.79 Å². The summed E-state index contributed by atoms with van der Waals surface area (Å²) in [4.78, 5) is 15.4. The largest absolute Gasteiger partial charge is 0.496 e. The highest BCUT2D eigenvalue weighted by atomic mass is 32.2. The SMILES string of the molecule is COc1ccc(C)cc1-c1[nH]c2ccc(S(=O)(=O)N3CCCC3)cc2c1C=O. The Morgan fingerprint density at radius 3 is 2.54 bits per heavy atom. The molecule has 1 N–H and O–H groups in total. The third-order valence-corrected chi connectivity index (χ3v) is 7.15. The second-order valence-corrected chi connectivity index (χ2v) is 8.99. The summed E-state index contributed by atoms with van der Waals surface area (Å²) < 4.78 is 32.8. The number of aromatic amines is 1. The van der Waals surface area contributed by atoms with Gasteiger partial charge in [-0.15, -0.1) is 0 Å². The maximum atomic E-state index is 12.9. The van der Waals surface area contributed by atoms with E-state index in [1.807, 2.05) is 25.1 Å². The zero-order valence-electron chi connectivity index (χ0n) is 15.9. The van der Waals surface area contributed by atoms with Crippen LogP contribution in [0.4, 0.5) is 0 Å². The Labute approximate surface area is 164 Å². The van der Waals surface area contributed by atoms with Crippen LogP contribution in [0.1, 0.15) is 28.8 Å². The number of aryl methyl sites for hydroxylation is 1. The summed E-state index contributed by atoms with van der Waals surface area (Å²) in [5, 5.41) is 0.592. The smallest absolute Gasteiger partial charge is 0.243 e. The quantitative estimate of drug-likeness (QED) is 0.664. The molecular formula is C21H22N2O4S. The number of fused-ring (bicyclic) bond motifs is 1. The number of aldehydes is 1. The van der Waals surface area contributed by atoms with Gasteiger partial charge in [0.1, 0.15) is 5.75 Å². The van der Waals surface area contributed by atoms with Crippen LogP contribution in [0.15, 0.2) is 41.3 Å². The van der Waals surface area contributed by atoms with Crippen molar-refractivity contribution < 1.29 is 17.9 Å². The van der Waals surface area contributed by atoms with Gasteiger partial charge in [-0.05, 0) is 50.1 Å². The molecule has 0 bridgehead atoms. The van der Waals surface area contributed by atoms with E-state index < -0.39 is 10.0 Å². The number of carbonyl (C=O) groups is 1. The molecule has 0 aliphatic carbocycles. The highest BCUT2D eigenvalue weighted by Gasteiger charge is 2.28. The Morgan fingerprint density at radius 1 is 1.11 bits per heavy atom. The molecule has 1 aliphatic rings. The molecule has 6 nitrogen and oxygen atoms in total. The predicted molar refractivity (Wildman–Crippen MR) is 108 cm³/mol. The third-order valence-electron chi connectivity index (χ3n) is 5.26. The van der Waals surface area contributed by atoms with Crippen molar-refractivity contribution in [2.75, 3.05) is 20.2 Å². The number of sulfonamides is 1. The van der Waals surface area contributed by atoms with Crippen LogP contribution in [-0.2, 0) is 10.0 Å². The van der Waals surface area contributed by atoms with E-state index in [9.17, 15) is 13.2 Å². The minimum absolute atomic E-state index is 0.215. The lowest BCUT2D eigenvalue weighted by Gasteiger charge is -2.15. The molecule has 0 saturated carbocycles. The number of nitrogens with one attached hydrogen (secondary N) is 1. The van der Waals surface area contributed by atoms with E-state index in [1.54, 1.807) is 25.3 Å². The number of hydrogen-bond acceptors (Lipinski definition) is 4. The van der Waals surface area contributed by atoms with Crippen LogP contribution in [0.2, 0.25) is 0 Å². The first-order chi connectivity index (χ1) is 13.5. The lowest BCUT2D eigenvalue weighted by Crippen LogP contribution is -2.27. The van der Waals surface area contributed by atoms with E-state index in [1.165, 1.54) is 4.31 Å². The maximum Gasteiger partial charge on any atom is 0.243 e. The average Bonchev–Trinajstić information content (AvgIpc) is 3.35. The summed E-state index contributed by atoms with van der Waals surface area (Å²) >= 11 is 0. The Balaban J connectivity index is 1.90. The van der Waals surface area contributed by atoms with Gasteiger partial charge in [-0.25, -0.2) is 8.42 Å². The van der Waals surface area contributed by atoms with Crippen molar-refractivity contribution in [3.8, 4) is 17.0 Å². The minimum atomic E-state index is -3.55. The van der Waals surface area contributed by atoms with Gasteiger partial charge in [-0.2, -0.15) is 4.31 Å². The second-order valence-electron chi connectivity index (χ2n) is 7.05. The van der Waals surface area contributed by atoms with Gasteiger partial charge in [0.05, 0.1) is 17.7 Å². The van der Waals surface area contributed by atoms with Crippen molar-refractivity contribution in [3.63, 3.8) is 0 Å². The van der Waals surface area contributed by atoms with Crippen LogP contribution >= 0.6 is 0 Å². The standard InChI is InChI=1S/C21H22N2O4S/c1-14-5-8-20(27-2)17(11-14)21-18(13-24)16-12-15(6-7-19(16)22-21)28(25,26)23-9-3-4-10-23/h5-8,11-13,22H,3-4,9-10H2,1-2H3. The van der Waals surface area contributed by atoms with E-state index in [0.717, 1.165) is 30.3 Å². The molecule has 1 saturated heterocycles. The fourth-order valence-corrected chi connectivity index (χ4v) is 5.33. The zero-order chi connectivity index (χ0) is 19.9. The summed E-state index contributed by atoms with van der Waals surface area (Å²) in [6, 6.07) is 10.6. The zero-order valence-corrected chi connectivity index (χ0v) is 16.7. The Hall–Kier alpha value is -2.64. The van der Waals surface area contributed by atoms with Crippen LogP contribution in [-0.4, -0.2) is 44.2 Å². The predicted octanol–water partition coefficient (Wildman–Crippen LogP) is 3.75. The Kier molecular flexibility index (Phi) is 4.72. The molecular weight excluding hydrogens is 376 g/mol. The van der Waals surface area contributed by atoms with Crippen molar-refractivity contribution in [1.29, 1.82) is 0 Å². The first-order valence-electron chi connectivity index (χ1n) is 9.22. The van der Waals surface area contributed by atoms with Crippen molar-refractivity contribution >= 4 is 27.2 Å². The number of aromatic nitrogens is 1. The number of nitrogens with zero attached hydrogens (tertiary/aromatic N) is 1. The molecule has 0 radical (unpaired) electrons. The molecule has 3 aromatic rings. The summed E-state index contributed by atoms with van der Waals surface area (Å²) in [6.07, 6.45) is 2.52. The van der Waals surface area contributed by atoms with E-state index >= 15 is 0 Å². The van der Waals surface area contributed by atoms with Gasteiger partial charge >= 0.3 is 0 Å². The van der Waals surface area contributed by atoms with E-state index in [-0.39, 0.29) is 4.90 Å². The van der Waals surface area contributed by atoms with Gasteiger partial charge in [0, 0.05) is 35.1 Å². The van der Waals surface area contributed by atoms with Crippen LogP contribution in [0.3, 0.4) is 0 Å². The normalized spacial score (nSPS) is 15.2. The molecule has 7 heteroatoms. The van der Waals surface area contributed by atoms with Gasteiger partial charge < -0.3 is 9.72 Å². The van der Waals surface area contributed by atoms with Crippen LogP contribution in [0.5, 0.6) is 5.75 Å². The summed E-state index contributed by atoms with van der Waals surface area (Å²) in [5.41, 5.74) is 3.56. The molecule has 146 valence electrons. The monoisotopic (exact) mass is 398 g/mol. The van der Waals surface area contributed by atoms with Crippen molar-refractivity contribution in [3.05, 3.63) is 47.5 Å². The van der Waals surface area contributed by atoms with Gasteiger partial charge in [0.25, 0.3) is 0 Å². The molecule has 28 heavy (non-hydrogen) atoms. The molecule has 1 aliphatic heterocycles. The van der Waals surface area contributed by atoms with E-state index in [0.29, 0.717) is 41.0 Å². The molecule has 4 rings (SSSR count). The molecule has 0 atom stereocenters. The molecule has 2 aromatic carbocycles. The van der Waals surface area contributed by atoms with Gasteiger partial charge in [-0.1, -0.05) is 11.6 Å². The van der Waals surface area contributed by atoms with Crippen molar-refractivity contribution in [2.24, 2.45) is 0 Å². The highest BCUT2D eigenvalue weighted by Crippen LogP contribution is 2.36. The first kappa shape index (κ1) is 18.7. The van der Waals surface area contributed by atoms with E-state index in [2.05, 4.69) is 4.98 Å². The third kappa shape index (κ3) is 3.00. The molecule has 1 fully saturated rings. The summed E-state index contributed by atoms with van der Waals surface area (Å²) in [7, 11) is -1.97. The fourth-order valence-electron chi connectivity index (χ4n) is 3.78. The highest BCUT2D eigenvalue weighted by molar-refractivity contribution is 7.89. The average molecular weight is 398 g/mol. The van der Waals surface area contributed by atoms with Crippen molar-refractivity contribution in [2.45, 2.75) is 24.7 Å². The number of ether oxygens (including phenoxy) is 1. The summed E-state index contributed by atoms with van der Waals surface area (Å²) in [5.74, 6) is 0.644. The topological polar surface area (TPSA) is 79.5 Å². The Bertz CT molecular complexity index is 1160. The minimum Gasteiger partial charge on any atom is -0.496 e. The number of carbonyl (C=O) groups excluding carboxylic acids is 1. The number of benzene rings is 2. The second kappa shape index (κ2) is 7.07. The van der Waals surface area contributed by atoms with Crippen LogP contribution < -0.4 is 4.74 Å². The first-order valence-corrected chi connectivity index (χ1v) is 10.7. The van der Waals surface area contributed by atoms with Gasteiger partial charge in [0.15, 0.2) is 6.29 Å². The number of hydrogen-bond donors (Lipinski definition) is 1. The molecule has 2 heterocycles. The fraction of sp³-hybridized carbons (Fsp3) is 0.286. The van der Waals surface area contributed by atoms with Crippen LogP contribution in [0, 0.1) is 6.92 Å². The van der Waals surface area contributed by atoms with Crippen LogP contribution in [0.25, 0.3) is 22.2 Å². The Morgan fingerprint density at radius 2 is 1.86 bits per heavy atom. The number of methoxy groups -OCH3 is 1. The summed E-state index contributed by atoms with van der Waals surface area (Å²) in [6.45, 7) is 3.05. The molecule has 0 amide bonds. The van der Waals surface area contributed by atoms with Crippen molar-refractivity contribution in [1.82, 2.24) is 9.29 Å². The van der Waals surface area contributed by atoms with Gasteiger partial charge in [0.2, 0.25) is 10.0 Å². The lowest BCUT2D eigenvalue weighted by molar-refractivity contribution is 0.112. The molecule has 1 aromatic heterocycles. The number of H-pyrrole nitrogens is 1. The maximum absolute atomic E-state index is 12.9. The molecule has 0 spiro atoms. The van der Waals surface area contributed by atoms with E-state index in [4.69, 9.17) is 4.74 Å². The lowest BCUT2D eigenvalue weighted by atomic mass is 10.0. The number of rotatable bonds is 5.